The number of aliphatic carboxylic acids is 1. The molecule has 0 radical (unpaired) electrons. The van der Waals surface area contributed by atoms with Crippen LogP contribution in [0, 0.1) is 0 Å². The number of urea groups is 1. The van der Waals surface area contributed by atoms with Crippen molar-refractivity contribution in [2.24, 2.45) is 5.73 Å². The Morgan fingerprint density at radius 1 is 1.27 bits per heavy atom. The normalized spacial score (nSPS) is 17.6. The Hall–Kier alpha value is -3.13. The predicted molar refractivity (Wildman–Crippen MR) is 84.8 cm³/mol. The molecule has 2 rings (SSSR count). The second-order valence-electron chi connectivity index (χ2n) is 4.92. The Morgan fingerprint density at radius 3 is 2.23 bits per heavy atom. The topological polar surface area (TPSA) is 177 Å². The standard InChI is InChI=1S/C12H16N6O7S/c1-17-5-6(11(19)20)9(18(17)26(22,23)16-12(13)21)10-14-7(24-2)4-8(15-10)25-3/h4-5,9H,1-3H3,(H,19,20)(H3,13,16,21). The van der Waals surface area contributed by atoms with Crippen molar-refractivity contribution < 1.29 is 32.6 Å². The van der Waals surface area contributed by atoms with Gasteiger partial charge in [0, 0.05) is 13.2 Å². The molecular formula is C12H16N6O7S. The van der Waals surface area contributed by atoms with Gasteiger partial charge in [-0.3, -0.25) is 5.01 Å². The van der Waals surface area contributed by atoms with Gasteiger partial charge in [0.2, 0.25) is 11.8 Å². The van der Waals surface area contributed by atoms with Gasteiger partial charge in [-0.15, -0.1) is 0 Å². The first-order chi connectivity index (χ1) is 12.1. The number of nitrogens with zero attached hydrogens (tertiary/aromatic N) is 4. The van der Waals surface area contributed by atoms with Crippen molar-refractivity contribution in [3.05, 3.63) is 23.7 Å². The molecule has 2 amide bonds. The minimum absolute atomic E-state index is 0.0198. The lowest BCUT2D eigenvalue weighted by molar-refractivity contribution is -0.133. The number of nitrogens with two attached hydrogens (primary N) is 1. The number of primary amides is 1. The Morgan fingerprint density at radius 2 is 1.81 bits per heavy atom. The summed E-state index contributed by atoms with van der Waals surface area (Å²) in [7, 11) is -0.671. The second kappa shape index (κ2) is 7.01. The van der Waals surface area contributed by atoms with Crippen LogP contribution >= 0.6 is 0 Å². The number of hydrazine groups is 1. The highest BCUT2D eigenvalue weighted by atomic mass is 32.2. The highest BCUT2D eigenvalue weighted by Crippen LogP contribution is 2.36. The molecule has 4 N–H and O–H groups in total. The quantitative estimate of drug-likeness (QED) is 0.524. The molecule has 0 aromatic carbocycles. The predicted octanol–water partition coefficient (Wildman–Crippen LogP) is -1.42. The van der Waals surface area contributed by atoms with Crippen LogP contribution in [0.1, 0.15) is 11.9 Å². The number of carboxylic acids is 1. The van der Waals surface area contributed by atoms with Gasteiger partial charge in [-0.2, -0.15) is 18.4 Å². The zero-order valence-electron chi connectivity index (χ0n) is 13.9. The largest absolute Gasteiger partial charge is 0.481 e. The maximum Gasteiger partial charge on any atom is 0.335 e. The van der Waals surface area contributed by atoms with Crippen LogP contribution in [0.25, 0.3) is 0 Å². The van der Waals surface area contributed by atoms with Crippen LogP contribution in [0.4, 0.5) is 4.79 Å². The summed E-state index contributed by atoms with van der Waals surface area (Å²) in [4.78, 5) is 30.6. The fraction of sp³-hybridized carbons (Fsp3) is 0.333. The average molecular weight is 388 g/mol. The summed E-state index contributed by atoms with van der Waals surface area (Å²) in [5.41, 5.74) is 4.52. The Bertz CT molecular complexity index is 849. The number of nitrogens with one attached hydrogen (secondary N) is 1. The van der Waals surface area contributed by atoms with Gasteiger partial charge in [0.25, 0.3) is 0 Å². The Labute approximate surface area is 148 Å². The molecule has 1 unspecified atom stereocenters. The fourth-order valence-corrected chi connectivity index (χ4v) is 3.49. The van der Waals surface area contributed by atoms with Gasteiger partial charge in [-0.05, 0) is 0 Å². The van der Waals surface area contributed by atoms with E-state index in [4.69, 9.17) is 15.2 Å². The number of ether oxygens (including phenoxy) is 2. The van der Waals surface area contributed by atoms with Crippen molar-refractivity contribution in [3.8, 4) is 11.8 Å². The van der Waals surface area contributed by atoms with Gasteiger partial charge in [0.05, 0.1) is 25.9 Å². The molecule has 0 spiro atoms. The van der Waals surface area contributed by atoms with E-state index in [2.05, 4.69) is 9.97 Å². The summed E-state index contributed by atoms with van der Waals surface area (Å²) in [6.07, 6.45) is 1.04. The van der Waals surface area contributed by atoms with E-state index in [0.29, 0.717) is 4.41 Å². The van der Waals surface area contributed by atoms with Gasteiger partial charge in [0.1, 0.15) is 6.04 Å². The van der Waals surface area contributed by atoms with Crippen molar-refractivity contribution in [3.63, 3.8) is 0 Å². The van der Waals surface area contributed by atoms with Crippen LogP contribution in [-0.4, -0.2) is 66.2 Å². The summed E-state index contributed by atoms with van der Waals surface area (Å²) in [5, 5.41) is 10.4. The van der Waals surface area contributed by atoms with Crippen molar-refractivity contribution >= 4 is 22.2 Å². The molecule has 0 aliphatic carbocycles. The van der Waals surface area contributed by atoms with Gasteiger partial charge in [-0.1, -0.05) is 4.41 Å². The molecule has 142 valence electrons. The lowest BCUT2D eigenvalue weighted by Crippen LogP contribution is -2.50. The minimum Gasteiger partial charge on any atom is -0.481 e. The first-order valence-corrected chi connectivity index (χ1v) is 8.31. The molecule has 1 atom stereocenters. The fourth-order valence-electron chi connectivity index (χ4n) is 2.27. The minimum atomic E-state index is -4.55. The average Bonchev–Trinajstić information content (AvgIpc) is 2.91. The molecule has 1 aliphatic rings. The van der Waals surface area contributed by atoms with E-state index in [1.165, 1.54) is 27.3 Å². The van der Waals surface area contributed by atoms with Crippen molar-refractivity contribution in [1.82, 2.24) is 24.1 Å². The van der Waals surface area contributed by atoms with E-state index >= 15 is 0 Å². The molecule has 1 aliphatic heterocycles. The maximum atomic E-state index is 12.4. The van der Waals surface area contributed by atoms with Crippen LogP contribution in [0.15, 0.2) is 17.8 Å². The van der Waals surface area contributed by atoms with Crippen LogP contribution in [0.5, 0.6) is 11.8 Å². The molecule has 2 heterocycles. The molecule has 0 saturated heterocycles. The number of carbonyl (C=O) groups excluding carboxylic acids is 1. The number of rotatable bonds is 6. The molecule has 26 heavy (non-hydrogen) atoms. The van der Waals surface area contributed by atoms with Crippen LogP contribution in [-0.2, 0) is 15.0 Å². The van der Waals surface area contributed by atoms with Crippen LogP contribution in [0.2, 0.25) is 0 Å². The summed E-state index contributed by atoms with van der Waals surface area (Å²) in [5.74, 6) is -1.62. The number of amides is 2. The number of carboxylic acid groups (broad SMARTS) is 1. The van der Waals surface area contributed by atoms with E-state index in [-0.39, 0.29) is 23.2 Å². The number of hydrogen-bond acceptors (Lipinski definition) is 9. The van der Waals surface area contributed by atoms with Crippen molar-refractivity contribution in [2.45, 2.75) is 6.04 Å². The van der Waals surface area contributed by atoms with Gasteiger partial charge >= 0.3 is 22.2 Å². The van der Waals surface area contributed by atoms with Crippen LogP contribution in [0.3, 0.4) is 0 Å². The molecule has 0 fully saturated rings. The number of carbonyl (C=O) groups is 2. The highest BCUT2D eigenvalue weighted by molar-refractivity contribution is 7.87. The van der Waals surface area contributed by atoms with E-state index in [1.807, 2.05) is 0 Å². The number of methoxy groups -OCH3 is 2. The molecular weight excluding hydrogens is 372 g/mol. The smallest absolute Gasteiger partial charge is 0.335 e. The molecule has 1 aromatic rings. The van der Waals surface area contributed by atoms with E-state index in [9.17, 15) is 23.1 Å². The highest BCUT2D eigenvalue weighted by Gasteiger charge is 2.46. The van der Waals surface area contributed by atoms with Crippen molar-refractivity contribution in [2.75, 3.05) is 21.3 Å². The van der Waals surface area contributed by atoms with Gasteiger partial charge in [0.15, 0.2) is 5.82 Å². The second-order valence-corrected chi connectivity index (χ2v) is 6.45. The monoisotopic (exact) mass is 388 g/mol. The lowest BCUT2D eigenvalue weighted by Gasteiger charge is -2.29. The summed E-state index contributed by atoms with van der Waals surface area (Å²) >= 11 is 0. The molecule has 14 heteroatoms. The third kappa shape index (κ3) is 3.60. The maximum absolute atomic E-state index is 12.4. The first-order valence-electron chi connectivity index (χ1n) is 6.87. The first kappa shape index (κ1) is 19.2. The van der Waals surface area contributed by atoms with E-state index in [1.54, 1.807) is 4.72 Å². The molecule has 0 saturated carbocycles. The zero-order chi connectivity index (χ0) is 19.6. The zero-order valence-corrected chi connectivity index (χ0v) is 14.7. The Balaban J connectivity index is 2.64. The molecule has 0 bridgehead atoms. The van der Waals surface area contributed by atoms with Gasteiger partial charge < -0.3 is 20.3 Å². The summed E-state index contributed by atoms with van der Waals surface area (Å²) < 4.78 is 37.0. The van der Waals surface area contributed by atoms with Gasteiger partial charge in [-0.25, -0.2) is 14.3 Å². The third-order valence-corrected chi connectivity index (χ3v) is 4.65. The van der Waals surface area contributed by atoms with E-state index < -0.39 is 28.3 Å². The third-order valence-electron chi connectivity index (χ3n) is 3.23. The molecule has 13 nitrogen and oxygen atoms in total. The SMILES string of the molecule is COc1cc(OC)nc(C2C(C(=O)O)=CN(C)N2S(=O)(=O)NC(N)=O)n1. The number of aromatic nitrogens is 2. The van der Waals surface area contributed by atoms with E-state index in [0.717, 1.165) is 11.2 Å². The number of hydrogen-bond donors (Lipinski definition) is 3. The van der Waals surface area contributed by atoms with Crippen molar-refractivity contribution in [1.29, 1.82) is 0 Å². The van der Waals surface area contributed by atoms with Crippen LogP contribution < -0.4 is 19.9 Å². The Kier molecular flexibility index (Phi) is 5.17. The summed E-state index contributed by atoms with van der Waals surface area (Å²) in [6, 6.07) is -1.52. The lowest BCUT2D eigenvalue weighted by atomic mass is 10.1. The molecule has 1 aromatic heterocycles. The summed E-state index contributed by atoms with van der Waals surface area (Å²) in [6.45, 7) is 0.